The first kappa shape index (κ1) is 19.0. The van der Waals surface area contributed by atoms with Crippen LogP contribution in [0.5, 0.6) is 5.75 Å². The van der Waals surface area contributed by atoms with E-state index >= 15 is 0 Å². The van der Waals surface area contributed by atoms with Crippen LogP contribution >= 0.6 is 0 Å². The van der Waals surface area contributed by atoms with E-state index in [-0.39, 0.29) is 17.2 Å². The zero-order chi connectivity index (χ0) is 19.3. The SMILES string of the molecule is CC(=O)Nc1ccc(NC(=O)[C@@H](C)OC(=O)c2cccc(C)c2O)cc1. The third-order valence-electron chi connectivity index (χ3n) is 3.58. The summed E-state index contributed by atoms with van der Waals surface area (Å²) in [5.74, 6) is -1.66. The maximum atomic E-state index is 12.2. The van der Waals surface area contributed by atoms with Crippen molar-refractivity contribution in [2.45, 2.75) is 26.9 Å². The molecule has 0 unspecified atom stereocenters. The summed E-state index contributed by atoms with van der Waals surface area (Å²) in [7, 11) is 0. The number of esters is 1. The number of ether oxygens (including phenoxy) is 1. The lowest BCUT2D eigenvalue weighted by Gasteiger charge is -2.14. The number of phenolic OH excluding ortho intramolecular Hbond substituents is 1. The minimum absolute atomic E-state index is 0.00399. The van der Waals surface area contributed by atoms with E-state index in [1.807, 2.05) is 0 Å². The maximum Gasteiger partial charge on any atom is 0.342 e. The molecule has 1 atom stereocenters. The van der Waals surface area contributed by atoms with Crippen molar-refractivity contribution in [3.05, 3.63) is 53.6 Å². The molecule has 2 aromatic carbocycles. The molecule has 2 aromatic rings. The molecule has 0 saturated heterocycles. The van der Waals surface area contributed by atoms with Gasteiger partial charge in [0.15, 0.2) is 6.10 Å². The van der Waals surface area contributed by atoms with Crippen LogP contribution in [0.15, 0.2) is 42.5 Å². The Balaban J connectivity index is 1.97. The number of aryl methyl sites for hydroxylation is 1. The second-order valence-electron chi connectivity index (χ2n) is 5.77. The van der Waals surface area contributed by atoms with Crippen molar-refractivity contribution in [2.24, 2.45) is 0 Å². The number of hydrogen-bond acceptors (Lipinski definition) is 5. The van der Waals surface area contributed by atoms with E-state index in [4.69, 9.17) is 4.74 Å². The van der Waals surface area contributed by atoms with Gasteiger partial charge in [-0.2, -0.15) is 0 Å². The van der Waals surface area contributed by atoms with E-state index in [0.29, 0.717) is 16.9 Å². The van der Waals surface area contributed by atoms with Gasteiger partial charge in [-0.15, -0.1) is 0 Å². The lowest BCUT2D eigenvalue weighted by molar-refractivity contribution is -0.123. The Morgan fingerprint density at radius 2 is 1.58 bits per heavy atom. The predicted octanol–water partition coefficient (Wildman–Crippen LogP) is 2.84. The molecule has 0 fully saturated rings. The topological polar surface area (TPSA) is 105 Å². The zero-order valence-corrected chi connectivity index (χ0v) is 14.7. The molecule has 0 aliphatic heterocycles. The molecule has 0 aromatic heterocycles. The van der Waals surface area contributed by atoms with Crippen LogP contribution in [0.25, 0.3) is 0 Å². The fourth-order valence-corrected chi connectivity index (χ4v) is 2.19. The van der Waals surface area contributed by atoms with Gasteiger partial charge in [0.1, 0.15) is 11.3 Å². The molecule has 7 nitrogen and oxygen atoms in total. The van der Waals surface area contributed by atoms with E-state index < -0.39 is 18.0 Å². The Bertz CT molecular complexity index is 830. The van der Waals surface area contributed by atoms with Gasteiger partial charge in [-0.25, -0.2) is 4.79 Å². The monoisotopic (exact) mass is 356 g/mol. The molecule has 7 heteroatoms. The fourth-order valence-electron chi connectivity index (χ4n) is 2.19. The summed E-state index contributed by atoms with van der Waals surface area (Å²) in [6.45, 7) is 4.50. The number of hydrogen-bond donors (Lipinski definition) is 3. The Kier molecular flexibility index (Phi) is 5.95. The summed E-state index contributed by atoms with van der Waals surface area (Å²) in [5, 5.41) is 15.1. The molecule has 0 aliphatic carbocycles. The van der Waals surface area contributed by atoms with Crippen molar-refractivity contribution >= 4 is 29.2 Å². The highest BCUT2D eigenvalue weighted by atomic mass is 16.5. The van der Waals surface area contributed by atoms with Crippen LogP contribution in [0.2, 0.25) is 0 Å². The second-order valence-corrected chi connectivity index (χ2v) is 5.77. The van der Waals surface area contributed by atoms with Crippen LogP contribution in [0.3, 0.4) is 0 Å². The molecule has 2 rings (SSSR count). The van der Waals surface area contributed by atoms with Gasteiger partial charge < -0.3 is 20.5 Å². The number of para-hydroxylation sites is 1. The Morgan fingerprint density at radius 1 is 1.00 bits per heavy atom. The van der Waals surface area contributed by atoms with Gasteiger partial charge in [0.2, 0.25) is 5.91 Å². The Morgan fingerprint density at radius 3 is 2.15 bits per heavy atom. The molecular weight excluding hydrogens is 336 g/mol. The number of aromatic hydroxyl groups is 1. The molecule has 0 saturated carbocycles. The van der Waals surface area contributed by atoms with Crippen molar-refractivity contribution in [3.63, 3.8) is 0 Å². The number of amides is 2. The third kappa shape index (κ3) is 4.83. The molecule has 26 heavy (non-hydrogen) atoms. The molecule has 0 radical (unpaired) electrons. The summed E-state index contributed by atoms with van der Waals surface area (Å²) in [6, 6.07) is 11.2. The fraction of sp³-hybridized carbons (Fsp3) is 0.211. The average Bonchev–Trinajstić information content (AvgIpc) is 2.58. The van der Waals surface area contributed by atoms with Crippen molar-refractivity contribution < 1.29 is 24.2 Å². The number of nitrogens with one attached hydrogen (secondary N) is 2. The number of carbonyl (C=O) groups excluding carboxylic acids is 3. The van der Waals surface area contributed by atoms with Crippen LogP contribution in [0.1, 0.15) is 29.8 Å². The first-order chi connectivity index (χ1) is 12.3. The average molecular weight is 356 g/mol. The van der Waals surface area contributed by atoms with Gasteiger partial charge in [0, 0.05) is 18.3 Å². The summed E-state index contributed by atoms with van der Waals surface area (Å²) >= 11 is 0. The van der Waals surface area contributed by atoms with Crippen LogP contribution in [-0.4, -0.2) is 29.0 Å². The van der Waals surface area contributed by atoms with Gasteiger partial charge in [0.25, 0.3) is 5.91 Å². The summed E-state index contributed by atoms with van der Waals surface area (Å²) in [4.78, 5) is 35.3. The Labute approximate surface area is 151 Å². The van der Waals surface area contributed by atoms with Gasteiger partial charge in [-0.05, 0) is 49.7 Å². The lowest BCUT2D eigenvalue weighted by atomic mass is 10.1. The molecule has 2 amide bonds. The van der Waals surface area contributed by atoms with Crippen LogP contribution in [0, 0.1) is 6.92 Å². The first-order valence-corrected chi connectivity index (χ1v) is 7.96. The van der Waals surface area contributed by atoms with Gasteiger partial charge in [-0.3, -0.25) is 9.59 Å². The normalized spacial score (nSPS) is 11.3. The van der Waals surface area contributed by atoms with Crippen molar-refractivity contribution in [2.75, 3.05) is 10.6 Å². The molecule has 3 N–H and O–H groups in total. The molecule has 0 spiro atoms. The smallest absolute Gasteiger partial charge is 0.342 e. The van der Waals surface area contributed by atoms with E-state index in [9.17, 15) is 19.5 Å². The largest absolute Gasteiger partial charge is 0.507 e. The number of carbonyl (C=O) groups is 3. The summed E-state index contributed by atoms with van der Waals surface area (Å²) in [6.07, 6.45) is -1.06. The molecular formula is C19H20N2O5. The highest BCUT2D eigenvalue weighted by Gasteiger charge is 2.21. The zero-order valence-electron chi connectivity index (χ0n) is 14.7. The van der Waals surface area contributed by atoms with E-state index in [2.05, 4.69) is 10.6 Å². The number of rotatable bonds is 5. The number of benzene rings is 2. The van der Waals surface area contributed by atoms with E-state index in [1.165, 1.54) is 19.9 Å². The maximum absolute atomic E-state index is 12.2. The second kappa shape index (κ2) is 8.15. The van der Waals surface area contributed by atoms with Crippen LogP contribution in [-0.2, 0) is 14.3 Å². The molecule has 136 valence electrons. The van der Waals surface area contributed by atoms with Gasteiger partial charge in [0.05, 0.1) is 0 Å². The highest BCUT2D eigenvalue weighted by Crippen LogP contribution is 2.22. The molecule has 0 bridgehead atoms. The van der Waals surface area contributed by atoms with Gasteiger partial charge in [-0.1, -0.05) is 12.1 Å². The minimum atomic E-state index is -1.06. The third-order valence-corrected chi connectivity index (χ3v) is 3.58. The summed E-state index contributed by atoms with van der Waals surface area (Å²) in [5.41, 5.74) is 1.63. The highest BCUT2D eigenvalue weighted by molar-refractivity contribution is 5.98. The van der Waals surface area contributed by atoms with Gasteiger partial charge >= 0.3 is 5.97 Å². The van der Waals surface area contributed by atoms with E-state index in [0.717, 1.165) is 0 Å². The number of phenols is 1. The van der Waals surface area contributed by atoms with E-state index in [1.54, 1.807) is 43.3 Å². The minimum Gasteiger partial charge on any atom is -0.507 e. The van der Waals surface area contributed by atoms with Crippen LogP contribution < -0.4 is 10.6 Å². The van der Waals surface area contributed by atoms with Crippen molar-refractivity contribution in [3.8, 4) is 5.75 Å². The molecule has 0 heterocycles. The van der Waals surface area contributed by atoms with Crippen molar-refractivity contribution in [1.82, 2.24) is 0 Å². The number of anilines is 2. The first-order valence-electron chi connectivity index (χ1n) is 7.96. The summed E-state index contributed by atoms with van der Waals surface area (Å²) < 4.78 is 5.11. The van der Waals surface area contributed by atoms with Crippen molar-refractivity contribution in [1.29, 1.82) is 0 Å². The van der Waals surface area contributed by atoms with Crippen LogP contribution in [0.4, 0.5) is 11.4 Å². The molecule has 0 aliphatic rings. The standard InChI is InChI=1S/C19H20N2O5/c1-11-5-4-6-16(17(11)23)19(25)26-12(2)18(24)21-15-9-7-14(8-10-15)20-13(3)22/h4-10,12,23H,1-3H3,(H,20,22)(H,21,24)/t12-/m1/s1. The quantitative estimate of drug-likeness (QED) is 0.715. The Hall–Kier alpha value is -3.35. The lowest BCUT2D eigenvalue weighted by Crippen LogP contribution is -2.30. The predicted molar refractivity (Wildman–Crippen MR) is 97.1 cm³/mol.